The lowest BCUT2D eigenvalue weighted by Gasteiger charge is -2.34. The van der Waals surface area contributed by atoms with E-state index >= 15 is 0 Å². The third kappa shape index (κ3) is 6.27. The maximum absolute atomic E-state index is 13.3. The molecule has 1 aromatic heterocycles. The number of ether oxygens (including phenoxy) is 1. The number of nitrogens with one attached hydrogen (secondary N) is 1. The van der Waals surface area contributed by atoms with Crippen LogP contribution in [0.4, 0.5) is 18.9 Å². The molecule has 1 aliphatic rings. The number of aryl methyl sites for hydroxylation is 2. The molecule has 4 rings (SSSR count). The molecule has 1 saturated heterocycles. The number of hydrogen-bond acceptors (Lipinski definition) is 5. The van der Waals surface area contributed by atoms with Crippen molar-refractivity contribution in [2.75, 3.05) is 38.0 Å². The maximum Gasteiger partial charge on any atom is 0.573 e. The summed E-state index contributed by atoms with van der Waals surface area (Å²) in [5.74, 6) is -0.708. The van der Waals surface area contributed by atoms with E-state index in [4.69, 9.17) is 0 Å². The van der Waals surface area contributed by atoms with Crippen LogP contribution in [0.25, 0.3) is 10.9 Å². The van der Waals surface area contributed by atoms with Crippen molar-refractivity contribution in [3.05, 3.63) is 65.4 Å². The van der Waals surface area contributed by atoms with Gasteiger partial charge in [-0.1, -0.05) is 11.6 Å². The standard InChI is InChI=1S/C25H25F3N4O3/c1-16-3-8-22-20(13-16)21(14-17(2)29-22)24(34)32-11-9-31(10-12-32)15-23(33)30-18-4-6-19(7-5-18)35-25(26,27)28/h3-8,13-14H,9-12,15H2,1-2H3,(H,30,33). The summed E-state index contributed by atoms with van der Waals surface area (Å²) in [5.41, 5.74) is 3.61. The first-order chi connectivity index (χ1) is 16.6. The Bertz CT molecular complexity index is 1240. The summed E-state index contributed by atoms with van der Waals surface area (Å²) in [4.78, 5) is 33.9. The molecule has 3 aromatic rings. The van der Waals surface area contributed by atoms with E-state index in [-0.39, 0.29) is 24.1 Å². The predicted octanol–water partition coefficient (Wildman–Crippen LogP) is 4.15. The highest BCUT2D eigenvalue weighted by Gasteiger charge is 2.31. The van der Waals surface area contributed by atoms with Crippen LogP contribution in [0, 0.1) is 13.8 Å². The molecule has 2 aromatic carbocycles. The first-order valence-corrected chi connectivity index (χ1v) is 11.1. The van der Waals surface area contributed by atoms with Crippen LogP contribution in [0.15, 0.2) is 48.5 Å². The average Bonchev–Trinajstić information content (AvgIpc) is 2.79. The van der Waals surface area contributed by atoms with Gasteiger partial charge in [0.25, 0.3) is 5.91 Å². The summed E-state index contributed by atoms with van der Waals surface area (Å²) in [5, 5.41) is 3.49. The van der Waals surface area contributed by atoms with Crippen LogP contribution < -0.4 is 10.1 Å². The van der Waals surface area contributed by atoms with E-state index in [1.807, 2.05) is 43.0 Å². The molecule has 1 aliphatic heterocycles. The van der Waals surface area contributed by atoms with Crippen LogP contribution in [0.2, 0.25) is 0 Å². The minimum absolute atomic E-state index is 0.0589. The van der Waals surface area contributed by atoms with Crippen molar-refractivity contribution in [1.82, 2.24) is 14.8 Å². The molecular formula is C25H25F3N4O3. The molecule has 2 heterocycles. The van der Waals surface area contributed by atoms with E-state index < -0.39 is 6.36 Å². The second-order valence-corrected chi connectivity index (χ2v) is 8.52. The lowest BCUT2D eigenvalue weighted by molar-refractivity contribution is -0.274. The molecule has 0 aliphatic carbocycles. The van der Waals surface area contributed by atoms with E-state index in [1.54, 1.807) is 4.90 Å². The average molecular weight is 486 g/mol. The first-order valence-electron chi connectivity index (χ1n) is 11.1. The summed E-state index contributed by atoms with van der Waals surface area (Å²) in [6, 6.07) is 12.6. The number of alkyl halides is 3. The molecule has 2 amide bonds. The van der Waals surface area contributed by atoms with Crippen molar-refractivity contribution in [3.8, 4) is 5.75 Å². The minimum atomic E-state index is -4.77. The van der Waals surface area contributed by atoms with E-state index in [0.29, 0.717) is 37.4 Å². The quantitative estimate of drug-likeness (QED) is 0.587. The number of halogens is 3. The Morgan fingerprint density at radius 1 is 1.00 bits per heavy atom. The van der Waals surface area contributed by atoms with E-state index in [1.165, 1.54) is 12.1 Å². The van der Waals surface area contributed by atoms with Crippen molar-refractivity contribution in [2.45, 2.75) is 20.2 Å². The van der Waals surface area contributed by atoms with Gasteiger partial charge in [0.1, 0.15) is 5.75 Å². The number of amides is 2. The molecule has 0 unspecified atom stereocenters. The normalized spacial score (nSPS) is 14.7. The third-order valence-electron chi connectivity index (χ3n) is 5.72. The Morgan fingerprint density at radius 2 is 1.69 bits per heavy atom. The maximum atomic E-state index is 13.3. The number of rotatable bonds is 5. The topological polar surface area (TPSA) is 74.8 Å². The number of carbonyl (C=O) groups excluding carboxylic acids is 2. The molecule has 0 radical (unpaired) electrons. The molecule has 7 nitrogen and oxygen atoms in total. The Hall–Kier alpha value is -3.66. The molecule has 0 bridgehead atoms. The van der Waals surface area contributed by atoms with Gasteiger partial charge in [-0.05, 0) is 56.3 Å². The zero-order valence-electron chi connectivity index (χ0n) is 19.4. The van der Waals surface area contributed by atoms with Gasteiger partial charge in [-0.3, -0.25) is 19.5 Å². The number of carbonyl (C=O) groups is 2. The van der Waals surface area contributed by atoms with Gasteiger partial charge in [0, 0.05) is 42.9 Å². The lowest BCUT2D eigenvalue weighted by atomic mass is 10.0. The SMILES string of the molecule is Cc1ccc2nc(C)cc(C(=O)N3CCN(CC(=O)Nc4ccc(OC(F)(F)F)cc4)CC3)c2c1. The summed E-state index contributed by atoms with van der Waals surface area (Å²) in [6.07, 6.45) is -4.77. The first kappa shape index (κ1) is 24.5. The predicted molar refractivity (Wildman–Crippen MR) is 125 cm³/mol. The zero-order chi connectivity index (χ0) is 25.2. The second kappa shape index (κ2) is 9.91. The fraction of sp³-hybridized carbons (Fsp3) is 0.320. The van der Waals surface area contributed by atoms with Gasteiger partial charge in [-0.15, -0.1) is 13.2 Å². The van der Waals surface area contributed by atoms with Crippen molar-refractivity contribution >= 4 is 28.4 Å². The summed E-state index contributed by atoms with van der Waals surface area (Å²) >= 11 is 0. The molecule has 184 valence electrons. The number of anilines is 1. The molecule has 0 spiro atoms. The molecule has 0 atom stereocenters. The minimum Gasteiger partial charge on any atom is -0.406 e. The van der Waals surface area contributed by atoms with Crippen molar-refractivity contribution in [2.24, 2.45) is 0 Å². The molecule has 35 heavy (non-hydrogen) atoms. The number of aromatic nitrogens is 1. The Kier molecular flexibility index (Phi) is 6.93. The fourth-order valence-electron chi connectivity index (χ4n) is 4.07. The van der Waals surface area contributed by atoms with Crippen molar-refractivity contribution in [1.29, 1.82) is 0 Å². The molecular weight excluding hydrogens is 461 g/mol. The molecule has 0 saturated carbocycles. The fourth-order valence-corrected chi connectivity index (χ4v) is 4.07. The number of hydrogen-bond donors (Lipinski definition) is 1. The Balaban J connectivity index is 1.32. The second-order valence-electron chi connectivity index (χ2n) is 8.52. The van der Waals surface area contributed by atoms with Crippen LogP contribution in [0.3, 0.4) is 0 Å². The van der Waals surface area contributed by atoms with E-state index in [2.05, 4.69) is 15.0 Å². The van der Waals surface area contributed by atoms with Gasteiger partial charge < -0.3 is 15.0 Å². The summed E-state index contributed by atoms with van der Waals surface area (Å²) in [7, 11) is 0. The molecule has 1 fully saturated rings. The van der Waals surface area contributed by atoms with Gasteiger partial charge in [-0.25, -0.2) is 0 Å². The van der Waals surface area contributed by atoms with Crippen LogP contribution in [0.1, 0.15) is 21.6 Å². The van der Waals surface area contributed by atoms with Crippen LogP contribution in [-0.4, -0.2) is 65.7 Å². The number of nitrogens with zero attached hydrogens (tertiary/aromatic N) is 3. The van der Waals surface area contributed by atoms with Crippen LogP contribution >= 0.6 is 0 Å². The summed E-state index contributed by atoms with van der Waals surface area (Å²) in [6.45, 7) is 5.95. The third-order valence-corrected chi connectivity index (χ3v) is 5.72. The van der Waals surface area contributed by atoms with Gasteiger partial charge >= 0.3 is 6.36 Å². The van der Waals surface area contributed by atoms with Gasteiger partial charge in [-0.2, -0.15) is 0 Å². The number of piperazine rings is 1. The zero-order valence-corrected chi connectivity index (χ0v) is 19.4. The van der Waals surface area contributed by atoms with Crippen molar-refractivity contribution in [3.63, 3.8) is 0 Å². The number of pyridine rings is 1. The van der Waals surface area contributed by atoms with Crippen LogP contribution in [0.5, 0.6) is 5.75 Å². The lowest BCUT2D eigenvalue weighted by Crippen LogP contribution is -2.50. The van der Waals surface area contributed by atoms with Crippen LogP contribution in [-0.2, 0) is 4.79 Å². The number of fused-ring (bicyclic) bond motifs is 1. The Morgan fingerprint density at radius 3 is 2.34 bits per heavy atom. The highest BCUT2D eigenvalue weighted by atomic mass is 19.4. The Labute approximate surface area is 200 Å². The highest BCUT2D eigenvalue weighted by Crippen LogP contribution is 2.24. The van der Waals surface area contributed by atoms with Gasteiger partial charge in [0.15, 0.2) is 0 Å². The van der Waals surface area contributed by atoms with Gasteiger partial charge in [0.05, 0.1) is 17.6 Å². The number of benzene rings is 2. The van der Waals surface area contributed by atoms with Crippen molar-refractivity contribution < 1.29 is 27.5 Å². The highest BCUT2D eigenvalue weighted by molar-refractivity contribution is 6.06. The van der Waals surface area contributed by atoms with Gasteiger partial charge in [0.2, 0.25) is 5.91 Å². The molecule has 1 N–H and O–H groups in total. The monoisotopic (exact) mass is 486 g/mol. The molecule has 10 heteroatoms. The smallest absolute Gasteiger partial charge is 0.406 e. The van der Waals surface area contributed by atoms with E-state index in [9.17, 15) is 22.8 Å². The largest absolute Gasteiger partial charge is 0.573 e. The summed E-state index contributed by atoms with van der Waals surface area (Å²) < 4.78 is 40.6. The van der Waals surface area contributed by atoms with E-state index in [0.717, 1.165) is 34.3 Å².